The van der Waals surface area contributed by atoms with E-state index in [2.05, 4.69) is 47.6 Å². The smallest absolute Gasteiger partial charge is 0.306 e. The number of carbonyl (C=O) groups is 2. The topological polar surface area (TPSA) is 101 Å². The first-order chi connectivity index (χ1) is 37.3. The molecule has 0 saturated carbocycles. The van der Waals surface area contributed by atoms with Crippen LogP contribution in [-0.4, -0.2) is 37.9 Å². The van der Waals surface area contributed by atoms with Gasteiger partial charge in [0.15, 0.2) is 0 Å². The number of hydrogen-bond acceptors (Lipinski definition) is 7. The molecule has 0 aliphatic carbocycles. The molecule has 404 valence electrons. The molecule has 0 bridgehead atoms. The molecule has 2 atom stereocenters. The molecular formula is C68H70F2O8. The SMILES string of the molecule is CCOC(=O)C[C@H](c1ccccc1)c1ccc(OCc2ccc(C(C)(C)C)c(-c3cc(OC)ccc3F)c2)cc1.COc1ccc(F)c(-c2cc(COc3ccc([C@H](CC(=O)O)c4ccccc4)cc3)ccc2C(C)(C)C)c1. The zero-order valence-electron chi connectivity index (χ0n) is 46.1. The third-order valence-electron chi connectivity index (χ3n) is 13.5. The molecule has 0 amide bonds. The maximum absolute atomic E-state index is 15.0. The summed E-state index contributed by atoms with van der Waals surface area (Å²) in [5.74, 6) is 0.558. The fourth-order valence-corrected chi connectivity index (χ4v) is 9.51. The lowest BCUT2D eigenvalue weighted by atomic mass is 9.81. The van der Waals surface area contributed by atoms with Gasteiger partial charge < -0.3 is 28.8 Å². The highest BCUT2D eigenvalue weighted by Gasteiger charge is 2.25. The molecule has 10 heteroatoms. The number of ether oxygens (including phenoxy) is 5. The van der Waals surface area contributed by atoms with Gasteiger partial charge in [-0.15, -0.1) is 0 Å². The van der Waals surface area contributed by atoms with Crippen molar-refractivity contribution < 1.29 is 47.2 Å². The maximum atomic E-state index is 15.0. The highest BCUT2D eigenvalue weighted by Crippen LogP contribution is 2.39. The molecule has 0 aliphatic heterocycles. The summed E-state index contributed by atoms with van der Waals surface area (Å²) in [5.41, 5.74) is 10.1. The lowest BCUT2D eigenvalue weighted by Gasteiger charge is -2.24. The monoisotopic (exact) mass is 1050 g/mol. The van der Waals surface area contributed by atoms with Crippen LogP contribution in [0.3, 0.4) is 0 Å². The van der Waals surface area contributed by atoms with E-state index in [1.54, 1.807) is 38.5 Å². The molecule has 8 aromatic rings. The Morgan fingerprint density at radius 1 is 0.462 bits per heavy atom. The van der Waals surface area contributed by atoms with Crippen LogP contribution >= 0.6 is 0 Å². The number of esters is 1. The van der Waals surface area contributed by atoms with Gasteiger partial charge >= 0.3 is 11.9 Å². The molecule has 8 nitrogen and oxygen atoms in total. The molecule has 8 aromatic carbocycles. The van der Waals surface area contributed by atoms with E-state index in [1.807, 2.05) is 146 Å². The van der Waals surface area contributed by atoms with Crippen LogP contribution in [0, 0.1) is 11.6 Å². The number of rotatable bonds is 19. The normalized spacial score (nSPS) is 12.1. The number of hydrogen-bond donors (Lipinski definition) is 1. The van der Waals surface area contributed by atoms with Crippen molar-refractivity contribution in [2.45, 2.75) is 97.2 Å². The Labute approximate surface area is 458 Å². The van der Waals surface area contributed by atoms with E-state index >= 15 is 0 Å². The summed E-state index contributed by atoms with van der Waals surface area (Å²) in [4.78, 5) is 23.8. The van der Waals surface area contributed by atoms with E-state index in [9.17, 15) is 23.5 Å². The van der Waals surface area contributed by atoms with Crippen LogP contribution < -0.4 is 18.9 Å². The summed E-state index contributed by atoms with van der Waals surface area (Å²) in [6.07, 6.45) is 0.274. The number of carbonyl (C=O) groups excluding carboxylic acids is 1. The van der Waals surface area contributed by atoms with Crippen molar-refractivity contribution in [3.8, 4) is 45.3 Å². The molecule has 1 N–H and O–H groups in total. The molecule has 78 heavy (non-hydrogen) atoms. The largest absolute Gasteiger partial charge is 0.497 e. The summed E-state index contributed by atoms with van der Waals surface area (Å²) in [7, 11) is 3.15. The number of halogens is 2. The summed E-state index contributed by atoms with van der Waals surface area (Å²) in [6, 6.07) is 56.6. The van der Waals surface area contributed by atoms with Crippen molar-refractivity contribution in [1.29, 1.82) is 0 Å². The second kappa shape index (κ2) is 26.2. The van der Waals surface area contributed by atoms with Gasteiger partial charge in [-0.05, 0) is 146 Å². The molecule has 0 heterocycles. The van der Waals surface area contributed by atoms with E-state index in [1.165, 1.54) is 12.1 Å². The predicted molar refractivity (Wildman–Crippen MR) is 306 cm³/mol. The summed E-state index contributed by atoms with van der Waals surface area (Å²) < 4.78 is 58.0. The highest BCUT2D eigenvalue weighted by atomic mass is 19.1. The Kier molecular flexibility index (Phi) is 19.3. The van der Waals surface area contributed by atoms with E-state index in [-0.39, 0.29) is 53.1 Å². The standard InChI is InChI=1S/C35H37FO4.C33H33FO4/c1-6-39-34(37)22-29(25-10-8-7-9-11-25)26-13-15-27(16-14-26)40-23-24-12-18-32(35(2,3)4)30(20-24)31-21-28(38-5)17-19-33(31)36;1-33(2,3)30-16-10-22(18-28(30)29-19-26(37-4)15-17-31(29)34)21-38-25-13-11-24(12-14-25)27(20-32(35)36)23-8-6-5-7-9-23/h7-21,29H,6,22-23H2,1-5H3;5-19,27H,20-21H2,1-4H3,(H,35,36)/t29-;27-/m11/s1. The average Bonchev–Trinajstić information content (AvgIpc) is 3.47. The van der Waals surface area contributed by atoms with E-state index in [0.717, 1.165) is 55.6 Å². The minimum Gasteiger partial charge on any atom is -0.497 e. The van der Waals surface area contributed by atoms with E-state index in [4.69, 9.17) is 23.7 Å². The van der Waals surface area contributed by atoms with Gasteiger partial charge in [0, 0.05) is 23.0 Å². The highest BCUT2D eigenvalue weighted by molar-refractivity contribution is 5.74. The lowest BCUT2D eigenvalue weighted by molar-refractivity contribution is -0.143. The molecule has 0 fully saturated rings. The summed E-state index contributed by atoms with van der Waals surface area (Å²) in [6.45, 7) is 15.5. The van der Waals surface area contributed by atoms with Crippen molar-refractivity contribution >= 4 is 11.9 Å². The van der Waals surface area contributed by atoms with Crippen LogP contribution in [0.2, 0.25) is 0 Å². The van der Waals surface area contributed by atoms with Gasteiger partial charge in [0.1, 0.15) is 47.8 Å². The molecular weight excluding hydrogens is 983 g/mol. The summed E-state index contributed by atoms with van der Waals surface area (Å²) in [5, 5.41) is 9.44. The van der Waals surface area contributed by atoms with Gasteiger partial charge in [0.2, 0.25) is 0 Å². The molecule has 0 unspecified atom stereocenters. The number of carboxylic acid groups (broad SMARTS) is 1. The van der Waals surface area contributed by atoms with Crippen LogP contribution in [0.5, 0.6) is 23.0 Å². The van der Waals surface area contributed by atoms with Gasteiger partial charge in [0.05, 0.1) is 33.7 Å². The fourth-order valence-electron chi connectivity index (χ4n) is 9.51. The number of aliphatic carboxylic acids is 1. The van der Waals surface area contributed by atoms with Gasteiger partial charge in [-0.2, -0.15) is 0 Å². The van der Waals surface area contributed by atoms with E-state index in [0.29, 0.717) is 53.9 Å². The fraction of sp³-hybridized carbons (Fsp3) is 0.265. The van der Waals surface area contributed by atoms with Gasteiger partial charge in [-0.1, -0.05) is 151 Å². The summed E-state index contributed by atoms with van der Waals surface area (Å²) >= 11 is 0. The van der Waals surface area contributed by atoms with Crippen LogP contribution in [0.4, 0.5) is 8.78 Å². The quantitative estimate of drug-likeness (QED) is 0.0800. The van der Waals surface area contributed by atoms with Crippen molar-refractivity contribution in [1.82, 2.24) is 0 Å². The first kappa shape index (κ1) is 57.5. The second-order valence-corrected chi connectivity index (χ2v) is 21.2. The molecule has 0 aliphatic rings. The van der Waals surface area contributed by atoms with Gasteiger partial charge in [-0.3, -0.25) is 9.59 Å². The van der Waals surface area contributed by atoms with Gasteiger partial charge in [0.25, 0.3) is 0 Å². The van der Waals surface area contributed by atoms with Gasteiger partial charge in [-0.25, -0.2) is 8.78 Å². The Morgan fingerprint density at radius 2 is 0.833 bits per heavy atom. The van der Waals surface area contributed by atoms with Crippen molar-refractivity contribution in [2.75, 3.05) is 20.8 Å². The minimum absolute atomic E-state index is 0.00789. The zero-order valence-corrected chi connectivity index (χ0v) is 46.1. The van der Waals surface area contributed by atoms with Crippen molar-refractivity contribution in [3.63, 3.8) is 0 Å². The van der Waals surface area contributed by atoms with Crippen LogP contribution in [0.15, 0.2) is 182 Å². The molecule has 0 radical (unpaired) electrons. The number of carboxylic acids is 1. The average molecular weight is 1050 g/mol. The Hall–Kier alpha value is -8.24. The van der Waals surface area contributed by atoms with Crippen LogP contribution in [0.25, 0.3) is 22.3 Å². The Morgan fingerprint density at radius 3 is 1.19 bits per heavy atom. The minimum atomic E-state index is -0.846. The van der Waals surface area contributed by atoms with Crippen molar-refractivity contribution in [2.24, 2.45) is 0 Å². The lowest BCUT2D eigenvalue weighted by Crippen LogP contribution is -2.13. The first-order valence-electron chi connectivity index (χ1n) is 26.2. The first-order valence-corrected chi connectivity index (χ1v) is 26.2. The molecule has 0 saturated heterocycles. The van der Waals surface area contributed by atoms with E-state index < -0.39 is 5.97 Å². The third-order valence-corrected chi connectivity index (χ3v) is 13.5. The second-order valence-electron chi connectivity index (χ2n) is 21.2. The molecule has 0 spiro atoms. The van der Waals surface area contributed by atoms with Crippen LogP contribution in [0.1, 0.15) is 118 Å². The zero-order chi connectivity index (χ0) is 56.0. The van der Waals surface area contributed by atoms with Crippen LogP contribution in [-0.2, 0) is 38.4 Å². The van der Waals surface area contributed by atoms with Crippen molar-refractivity contribution in [3.05, 3.63) is 238 Å². The predicted octanol–water partition coefficient (Wildman–Crippen LogP) is 16.4. The molecule has 8 rings (SSSR count). The maximum Gasteiger partial charge on any atom is 0.306 e. The third kappa shape index (κ3) is 15.2. The molecule has 0 aromatic heterocycles. The Balaban J connectivity index is 0.000000226. The Bertz CT molecular complexity index is 3250. The number of benzene rings is 8. The number of methoxy groups -OCH3 is 2.